The second-order valence-corrected chi connectivity index (χ2v) is 6.10. The molecule has 0 unspecified atom stereocenters. The van der Waals surface area contributed by atoms with Gasteiger partial charge < -0.3 is 15.2 Å². The van der Waals surface area contributed by atoms with E-state index in [9.17, 15) is 9.59 Å². The minimum Gasteiger partial charge on any atom is -0.477 e. The molecule has 6 nitrogen and oxygen atoms in total. The highest BCUT2D eigenvalue weighted by molar-refractivity contribution is 6.05. The van der Waals surface area contributed by atoms with E-state index in [4.69, 9.17) is 9.84 Å². The van der Waals surface area contributed by atoms with Gasteiger partial charge in [0.15, 0.2) is 0 Å². The van der Waals surface area contributed by atoms with Gasteiger partial charge in [0.05, 0.1) is 12.7 Å². The van der Waals surface area contributed by atoms with Crippen molar-refractivity contribution in [3.63, 3.8) is 0 Å². The van der Waals surface area contributed by atoms with Gasteiger partial charge in [-0.1, -0.05) is 25.0 Å². The number of anilines is 1. The van der Waals surface area contributed by atoms with Crippen LogP contribution >= 0.6 is 0 Å². The number of benzene rings is 1. The molecule has 6 heteroatoms. The highest BCUT2D eigenvalue weighted by Gasteiger charge is 2.15. The van der Waals surface area contributed by atoms with E-state index in [1.165, 1.54) is 31.2 Å². The summed E-state index contributed by atoms with van der Waals surface area (Å²) in [5, 5.41) is 11.7. The van der Waals surface area contributed by atoms with Crippen LogP contribution in [-0.4, -0.2) is 28.1 Å². The van der Waals surface area contributed by atoms with Gasteiger partial charge in [-0.2, -0.15) is 0 Å². The normalized spacial score (nSPS) is 14.4. The molecule has 1 saturated carbocycles. The van der Waals surface area contributed by atoms with Crippen molar-refractivity contribution >= 4 is 17.6 Å². The Labute approximate surface area is 145 Å². The zero-order valence-electron chi connectivity index (χ0n) is 13.8. The highest BCUT2D eigenvalue weighted by atomic mass is 16.5. The second kappa shape index (κ2) is 7.90. The number of nitrogens with one attached hydrogen (secondary N) is 1. The first-order chi connectivity index (χ1) is 12.1. The number of amides is 1. The summed E-state index contributed by atoms with van der Waals surface area (Å²) in [4.78, 5) is 26.8. The van der Waals surface area contributed by atoms with Gasteiger partial charge in [0.25, 0.3) is 5.91 Å². The van der Waals surface area contributed by atoms with Crippen molar-refractivity contribution in [2.75, 3.05) is 5.32 Å². The smallest absolute Gasteiger partial charge is 0.354 e. The number of carboxylic acid groups (broad SMARTS) is 1. The van der Waals surface area contributed by atoms with Crippen LogP contribution in [0.4, 0.5) is 5.69 Å². The van der Waals surface area contributed by atoms with Gasteiger partial charge in [-0.05, 0) is 42.7 Å². The lowest BCUT2D eigenvalue weighted by molar-refractivity contribution is 0.0457. The number of aromatic carboxylic acids is 1. The summed E-state index contributed by atoms with van der Waals surface area (Å²) in [6, 6.07) is 10.2. The second-order valence-electron chi connectivity index (χ2n) is 6.10. The number of nitrogens with zero attached hydrogens (tertiary/aromatic N) is 1. The van der Waals surface area contributed by atoms with Crippen LogP contribution < -0.4 is 5.32 Å². The molecule has 0 radical (unpaired) electrons. The molecule has 1 aromatic heterocycles. The lowest BCUT2D eigenvalue weighted by atomic mass is 10.2. The number of carbonyl (C=O) groups excluding carboxylic acids is 1. The fraction of sp³-hybridized carbons (Fsp3) is 0.316. The Morgan fingerprint density at radius 3 is 2.56 bits per heavy atom. The zero-order valence-corrected chi connectivity index (χ0v) is 13.8. The van der Waals surface area contributed by atoms with Crippen molar-refractivity contribution in [3.05, 3.63) is 59.4 Å². The minimum absolute atomic E-state index is 0.160. The Bertz CT molecular complexity index is 752. The van der Waals surface area contributed by atoms with Crippen molar-refractivity contribution in [1.29, 1.82) is 0 Å². The van der Waals surface area contributed by atoms with Crippen molar-refractivity contribution in [3.8, 4) is 0 Å². The van der Waals surface area contributed by atoms with E-state index in [1.807, 2.05) is 24.3 Å². The van der Waals surface area contributed by atoms with Gasteiger partial charge in [0, 0.05) is 17.4 Å². The van der Waals surface area contributed by atoms with E-state index in [2.05, 4.69) is 10.3 Å². The number of aromatic nitrogens is 1. The third kappa shape index (κ3) is 4.64. The Morgan fingerprint density at radius 2 is 1.88 bits per heavy atom. The first-order valence-electron chi connectivity index (χ1n) is 8.33. The molecule has 1 fully saturated rings. The Hall–Kier alpha value is -2.73. The number of ether oxygens (including phenoxy) is 1. The maximum Gasteiger partial charge on any atom is 0.354 e. The zero-order chi connectivity index (χ0) is 17.6. The van der Waals surface area contributed by atoms with Crippen molar-refractivity contribution in [2.45, 2.75) is 38.4 Å². The standard InChI is InChI=1S/C19H20N2O4/c22-18(14-9-10-20-17(11-14)19(23)24)21-15-7-5-13(6-8-15)12-25-16-3-1-2-4-16/h5-11,16H,1-4,12H2,(H,21,22)(H,23,24). The van der Waals surface area contributed by atoms with Crippen LogP contribution in [0.25, 0.3) is 0 Å². The van der Waals surface area contributed by atoms with Crippen LogP contribution in [0.3, 0.4) is 0 Å². The number of carboxylic acids is 1. The van der Waals surface area contributed by atoms with Gasteiger partial charge in [0.1, 0.15) is 5.69 Å². The monoisotopic (exact) mass is 340 g/mol. The SMILES string of the molecule is O=C(Nc1ccc(COC2CCCC2)cc1)c1ccnc(C(=O)O)c1. The van der Waals surface area contributed by atoms with Crippen molar-refractivity contribution in [1.82, 2.24) is 4.98 Å². The summed E-state index contributed by atoms with van der Waals surface area (Å²) in [6.07, 6.45) is 6.44. The molecule has 1 heterocycles. The number of hydrogen-bond acceptors (Lipinski definition) is 4. The van der Waals surface area contributed by atoms with Crippen LogP contribution in [-0.2, 0) is 11.3 Å². The van der Waals surface area contributed by atoms with Crippen LogP contribution in [0, 0.1) is 0 Å². The summed E-state index contributed by atoms with van der Waals surface area (Å²) < 4.78 is 5.86. The van der Waals surface area contributed by atoms with E-state index in [1.54, 1.807) is 0 Å². The van der Waals surface area contributed by atoms with Gasteiger partial charge in [0.2, 0.25) is 0 Å². The fourth-order valence-electron chi connectivity index (χ4n) is 2.85. The summed E-state index contributed by atoms with van der Waals surface area (Å²) in [6.45, 7) is 0.575. The van der Waals surface area contributed by atoms with Crippen LogP contribution in [0.2, 0.25) is 0 Å². The Balaban J connectivity index is 1.58. The molecule has 25 heavy (non-hydrogen) atoms. The molecular formula is C19H20N2O4. The number of pyridine rings is 1. The van der Waals surface area contributed by atoms with Crippen LogP contribution in [0.5, 0.6) is 0 Å². The fourth-order valence-corrected chi connectivity index (χ4v) is 2.85. The molecule has 2 aromatic rings. The first-order valence-corrected chi connectivity index (χ1v) is 8.33. The molecule has 1 aliphatic carbocycles. The average molecular weight is 340 g/mol. The number of carbonyl (C=O) groups is 2. The van der Waals surface area contributed by atoms with E-state index >= 15 is 0 Å². The van der Waals surface area contributed by atoms with Crippen LogP contribution in [0.1, 0.15) is 52.1 Å². The van der Waals surface area contributed by atoms with Gasteiger partial charge >= 0.3 is 5.97 Å². The maximum atomic E-state index is 12.2. The molecule has 0 aliphatic heterocycles. The molecule has 1 aliphatic rings. The Morgan fingerprint density at radius 1 is 1.16 bits per heavy atom. The van der Waals surface area contributed by atoms with Gasteiger partial charge in [-0.3, -0.25) is 4.79 Å². The predicted octanol–water partition coefficient (Wildman–Crippen LogP) is 3.49. The largest absolute Gasteiger partial charge is 0.477 e. The summed E-state index contributed by atoms with van der Waals surface area (Å²) in [5.41, 5.74) is 1.79. The summed E-state index contributed by atoms with van der Waals surface area (Å²) in [5.74, 6) is -1.54. The van der Waals surface area contributed by atoms with Crippen molar-refractivity contribution < 1.29 is 19.4 Å². The summed E-state index contributed by atoms with van der Waals surface area (Å²) in [7, 11) is 0. The molecular weight excluding hydrogens is 320 g/mol. The van der Waals surface area contributed by atoms with Gasteiger partial charge in [-0.25, -0.2) is 9.78 Å². The number of rotatable bonds is 6. The van der Waals surface area contributed by atoms with E-state index in [0.717, 1.165) is 18.4 Å². The first kappa shape index (κ1) is 17.1. The lowest BCUT2D eigenvalue weighted by Gasteiger charge is -2.11. The van der Waals surface area contributed by atoms with Gasteiger partial charge in [-0.15, -0.1) is 0 Å². The predicted molar refractivity (Wildman–Crippen MR) is 92.6 cm³/mol. The van der Waals surface area contributed by atoms with E-state index in [-0.39, 0.29) is 17.2 Å². The van der Waals surface area contributed by atoms with Crippen molar-refractivity contribution in [2.24, 2.45) is 0 Å². The highest BCUT2D eigenvalue weighted by Crippen LogP contribution is 2.22. The third-order valence-electron chi connectivity index (χ3n) is 4.24. The molecule has 2 N–H and O–H groups in total. The van der Waals surface area contributed by atoms with E-state index in [0.29, 0.717) is 18.4 Å². The molecule has 0 saturated heterocycles. The summed E-state index contributed by atoms with van der Waals surface area (Å²) >= 11 is 0. The molecule has 1 amide bonds. The molecule has 1 aromatic carbocycles. The molecule has 0 bridgehead atoms. The number of hydrogen-bond donors (Lipinski definition) is 2. The topological polar surface area (TPSA) is 88.5 Å². The molecule has 0 spiro atoms. The Kier molecular flexibility index (Phi) is 5.40. The maximum absolute atomic E-state index is 12.2. The lowest BCUT2D eigenvalue weighted by Crippen LogP contribution is -2.13. The third-order valence-corrected chi connectivity index (χ3v) is 4.24. The molecule has 130 valence electrons. The van der Waals surface area contributed by atoms with Crippen LogP contribution in [0.15, 0.2) is 42.6 Å². The minimum atomic E-state index is -1.17. The quantitative estimate of drug-likeness (QED) is 0.840. The molecule has 3 rings (SSSR count). The average Bonchev–Trinajstić information content (AvgIpc) is 3.15. The molecule has 0 atom stereocenters. The van der Waals surface area contributed by atoms with E-state index < -0.39 is 5.97 Å².